The number of nitrogens with zero attached hydrogens (tertiary/aromatic N) is 1. The third kappa shape index (κ3) is 2.88. The van der Waals surface area contributed by atoms with Gasteiger partial charge in [0.25, 0.3) is 0 Å². The lowest BCUT2D eigenvalue weighted by Gasteiger charge is -2.30. The molecule has 1 saturated heterocycles. The van der Waals surface area contributed by atoms with Crippen LogP contribution in [-0.2, 0) is 10.0 Å². The summed E-state index contributed by atoms with van der Waals surface area (Å²) in [5, 5.41) is 0.353. The molecule has 1 aromatic carbocycles. The van der Waals surface area contributed by atoms with Gasteiger partial charge >= 0.3 is 0 Å². The van der Waals surface area contributed by atoms with E-state index in [0.29, 0.717) is 35.3 Å². The quantitative estimate of drug-likeness (QED) is 0.854. The Hall–Kier alpha value is -0.780. The van der Waals surface area contributed by atoms with Gasteiger partial charge in [-0.15, -0.1) is 0 Å². The molecule has 0 saturated carbocycles. The second-order valence-electron chi connectivity index (χ2n) is 5.23. The van der Waals surface area contributed by atoms with Crippen molar-refractivity contribution < 1.29 is 8.42 Å². The van der Waals surface area contributed by atoms with Gasteiger partial charge in [-0.25, -0.2) is 8.42 Å². The monoisotopic (exact) mass is 302 g/mol. The minimum absolute atomic E-state index is 0.228. The maximum Gasteiger partial charge on any atom is 0.243 e. The molecule has 1 atom stereocenters. The summed E-state index contributed by atoms with van der Waals surface area (Å²) >= 11 is 5.93. The lowest BCUT2D eigenvalue weighted by Crippen LogP contribution is -2.39. The van der Waals surface area contributed by atoms with Crippen molar-refractivity contribution in [3.63, 3.8) is 0 Å². The molecule has 0 radical (unpaired) electrons. The first-order valence-corrected chi connectivity index (χ1v) is 8.20. The van der Waals surface area contributed by atoms with E-state index < -0.39 is 10.0 Å². The average molecular weight is 303 g/mol. The van der Waals surface area contributed by atoms with Gasteiger partial charge in [-0.05, 0) is 43.4 Å². The van der Waals surface area contributed by atoms with E-state index in [1.165, 1.54) is 6.07 Å². The molecule has 1 unspecified atom stereocenters. The molecule has 1 aromatic rings. The van der Waals surface area contributed by atoms with Crippen LogP contribution in [0.5, 0.6) is 0 Å². The van der Waals surface area contributed by atoms with Crippen LogP contribution in [0.3, 0.4) is 0 Å². The summed E-state index contributed by atoms with van der Waals surface area (Å²) < 4.78 is 26.9. The number of halogens is 1. The first-order chi connectivity index (χ1) is 8.82. The molecule has 106 valence electrons. The number of piperidine rings is 1. The summed E-state index contributed by atoms with van der Waals surface area (Å²) in [6, 6.07) is 3.07. The van der Waals surface area contributed by atoms with E-state index in [4.69, 9.17) is 17.3 Å². The highest BCUT2D eigenvalue weighted by molar-refractivity contribution is 7.89. The molecule has 19 heavy (non-hydrogen) atoms. The molecule has 4 nitrogen and oxygen atoms in total. The van der Waals surface area contributed by atoms with E-state index in [1.807, 2.05) is 0 Å². The number of sulfonamides is 1. The molecular weight excluding hydrogens is 284 g/mol. The first kappa shape index (κ1) is 14.6. The Labute approximate surface area is 119 Å². The van der Waals surface area contributed by atoms with E-state index in [1.54, 1.807) is 17.3 Å². The topological polar surface area (TPSA) is 63.4 Å². The van der Waals surface area contributed by atoms with Gasteiger partial charge < -0.3 is 5.73 Å². The van der Waals surface area contributed by atoms with E-state index in [2.05, 4.69) is 6.92 Å². The summed E-state index contributed by atoms with van der Waals surface area (Å²) in [4.78, 5) is 0.228. The van der Waals surface area contributed by atoms with Gasteiger partial charge in [-0.2, -0.15) is 4.31 Å². The zero-order chi connectivity index (χ0) is 14.2. The Bertz CT molecular complexity index is 587. The molecule has 1 aliphatic heterocycles. The van der Waals surface area contributed by atoms with Crippen molar-refractivity contribution in [3.8, 4) is 0 Å². The molecule has 6 heteroatoms. The Kier molecular flexibility index (Phi) is 4.08. The summed E-state index contributed by atoms with van der Waals surface area (Å²) in [7, 11) is -3.50. The van der Waals surface area contributed by atoms with Crippen LogP contribution < -0.4 is 5.73 Å². The van der Waals surface area contributed by atoms with Gasteiger partial charge in [-0.1, -0.05) is 18.5 Å². The second kappa shape index (κ2) is 5.31. The van der Waals surface area contributed by atoms with Crippen molar-refractivity contribution in [2.45, 2.75) is 31.6 Å². The van der Waals surface area contributed by atoms with Gasteiger partial charge in [0.05, 0.1) is 4.90 Å². The molecule has 2 rings (SSSR count). The van der Waals surface area contributed by atoms with Crippen LogP contribution in [-0.4, -0.2) is 25.8 Å². The third-order valence-corrected chi connectivity index (χ3v) is 5.81. The number of anilines is 1. The molecule has 1 aliphatic rings. The lowest BCUT2D eigenvalue weighted by atomic mass is 10.0. The largest absolute Gasteiger partial charge is 0.398 e. The molecule has 0 spiro atoms. The van der Waals surface area contributed by atoms with E-state index in [9.17, 15) is 8.42 Å². The van der Waals surface area contributed by atoms with E-state index in [0.717, 1.165) is 12.8 Å². The highest BCUT2D eigenvalue weighted by Crippen LogP contribution is 2.30. The first-order valence-electron chi connectivity index (χ1n) is 6.38. The van der Waals surface area contributed by atoms with Crippen molar-refractivity contribution >= 4 is 27.3 Å². The maximum atomic E-state index is 12.7. The van der Waals surface area contributed by atoms with Gasteiger partial charge in [0, 0.05) is 23.8 Å². The number of nitrogens with two attached hydrogens (primary N) is 1. The van der Waals surface area contributed by atoms with Gasteiger partial charge in [0.15, 0.2) is 0 Å². The van der Waals surface area contributed by atoms with Crippen molar-refractivity contribution in [1.82, 2.24) is 4.31 Å². The van der Waals surface area contributed by atoms with Gasteiger partial charge in [-0.3, -0.25) is 0 Å². The van der Waals surface area contributed by atoms with E-state index >= 15 is 0 Å². The standard InChI is InChI=1S/C13H19ClN2O2S/c1-9-4-3-5-16(8-9)19(17,18)13-7-11(14)6-12(15)10(13)2/h6-7,9H,3-5,8,15H2,1-2H3. The minimum atomic E-state index is -3.50. The van der Waals surface area contributed by atoms with Crippen LogP contribution in [0.1, 0.15) is 25.3 Å². The van der Waals surface area contributed by atoms with Crippen molar-refractivity contribution in [3.05, 3.63) is 22.7 Å². The fourth-order valence-electron chi connectivity index (χ4n) is 2.45. The molecular formula is C13H19ClN2O2S. The zero-order valence-electron chi connectivity index (χ0n) is 11.2. The second-order valence-corrected chi connectivity index (χ2v) is 7.57. The van der Waals surface area contributed by atoms with E-state index in [-0.39, 0.29) is 4.90 Å². The smallest absolute Gasteiger partial charge is 0.243 e. The van der Waals surface area contributed by atoms with Crippen LogP contribution in [0.25, 0.3) is 0 Å². The normalized spacial score (nSPS) is 21.5. The Morgan fingerprint density at radius 3 is 2.74 bits per heavy atom. The summed E-state index contributed by atoms with van der Waals surface area (Å²) in [6.45, 7) is 4.92. The van der Waals surface area contributed by atoms with Crippen LogP contribution in [0, 0.1) is 12.8 Å². The fourth-order valence-corrected chi connectivity index (χ4v) is 4.62. The highest BCUT2D eigenvalue weighted by atomic mass is 35.5. The Balaban J connectivity index is 2.45. The average Bonchev–Trinajstić information content (AvgIpc) is 2.33. The highest BCUT2D eigenvalue weighted by Gasteiger charge is 2.30. The fraction of sp³-hybridized carbons (Fsp3) is 0.538. The van der Waals surface area contributed by atoms with Crippen molar-refractivity contribution in [2.75, 3.05) is 18.8 Å². The number of benzene rings is 1. The van der Waals surface area contributed by atoms with Gasteiger partial charge in [0.1, 0.15) is 0 Å². The number of rotatable bonds is 2. The zero-order valence-corrected chi connectivity index (χ0v) is 12.8. The van der Waals surface area contributed by atoms with Crippen molar-refractivity contribution in [1.29, 1.82) is 0 Å². The predicted octanol–water partition coefficient (Wildman–Crippen LogP) is 2.65. The lowest BCUT2D eigenvalue weighted by molar-refractivity contribution is 0.281. The van der Waals surface area contributed by atoms with Gasteiger partial charge in [0.2, 0.25) is 10.0 Å². The molecule has 2 N–H and O–H groups in total. The predicted molar refractivity (Wildman–Crippen MR) is 77.8 cm³/mol. The molecule has 1 fully saturated rings. The Morgan fingerprint density at radius 2 is 2.11 bits per heavy atom. The Morgan fingerprint density at radius 1 is 1.42 bits per heavy atom. The van der Waals surface area contributed by atoms with Crippen molar-refractivity contribution in [2.24, 2.45) is 5.92 Å². The third-order valence-electron chi connectivity index (χ3n) is 3.60. The SMILES string of the molecule is Cc1c(N)cc(Cl)cc1S(=O)(=O)N1CCCC(C)C1. The summed E-state index contributed by atoms with van der Waals surface area (Å²) in [5.41, 5.74) is 6.79. The number of nitrogen functional groups attached to an aromatic ring is 1. The molecule has 0 aliphatic carbocycles. The van der Waals surface area contributed by atoms with Crippen LogP contribution >= 0.6 is 11.6 Å². The van der Waals surface area contributed by atoms with Crippen LogP contribution in [0.2, 0.25) is 5.02 Å². The molecule has 0 bridgehead atoms. The minimum Gasteiger partial charge on any atom is -0.398 e. The molecule has 0 amide bonds. The number of hydrogen-bond acceptors (Lipinski definition) is 3. The number of hydrogen-bond donors (Lipinski definition) is 1. The summed E-state index contributed by atoms with van der Waals surface area (Å²) in [5.74, 6) is 0.389. The molecule has 1 heterocycles. The molecule has 0 aromatic heterocycles. The van der Waals surface area contributed by atoms with Crippen LogP contribution in [0.4, 0.5) is 5.69 Å². The maximum absolute atomic E-state index is 12.7. The summed E-state index contributed by atoms with van der Waals surface area (Å²) in [6.07, 6.45) is 1.97. The van der Waals surface area contributed by atoms with Crippen LogP contribution in [0.15, 0.2) is 17.0 Å².